The fourth-order valence-corrected chi connectivity index (χ4v) is 4.11. The van der Waals surface area contributed by atoms with Crippen molar-refractivity contribution in [2.24, 2.45) is 0 Å². The molecular formula is C15H25N3O3. The Balaban J connectivity index is 1.79. The van der Waals surface area contributed by atoms with Crippen LogP contribution in [0.1, 0.15) is 39.5 Å². The van der Waals surface area contributed by atoms with Crippen LogP contribution in [0.3, 0.4) is 0 Å². The molecule has 3 rings (SSSR count). The SMILES string of the molecule is CC(O)C(C(=O)N1CCCC1)N1C(=O)C2(CCCN2)C1C. The lowest BCUT2D eigenvalue weighted by Crippen LogP contribution is -2.80. The van der Waals surface area contributed by atoms with Crippen molar-refractivity contribution in [1.29, 1.82) is 0 Å². The van der Waals surface area contributed by atoms with Crippen LogP contribution < -0.4 is 5.32 Å². The number of hydrogen-bond donors (Lipinski definition) is 2. The molecule has 0 saturated carbocycles. The molecule has 2 amide bonds. The molecule has 4 unspecified atom stereocenters. The number of aliphatic hydroxyl groups excluding tert-OH is 1. The minimum absolute atomic E-state index is 0.0223. The number of likely N-dealkylation sites (tertiary alicyclic amines) is 2. The number of aliphatic hydroxyl groups is 1. The van der Waals surface area contributed by atoms with E-state index in [4.69, 9.17) is 0 Å². The zero-order chi connectivity index (χ0) is 15.2. The molecule has 6 nitrogen and oxygen atoms in total. The predicted molar refractivity (Wildman–Crippen MR) is 77.6 cm³/mol. The van der Waals surface area contributed by atoms with Crippen molar-refractivity contribution in [3.8, 4) is 0 Å². The topological polar surface area (TPSA) is 72.9 Å². The summed E-state index contributed by atoms with van der Waals surface area (Å²) in [4.78, 5) is 28.7. The van der Waals surface area contributed by atoms with Gasteiger partial charge in [0.2, 0.25) is 11.8 Å². The highest BCUT2D eigenvalue weighted by Gasteiger charge is 2.62. The molecule has 0 radical (unpaired) electrons. The quantitative estimate of drug-likeness (QED) is 0.702. The molecule has 3 saturated heterocycles. The number of β-lactam (4-membered cyclic amide) rings is 1. The van der Waals surface area contributed by atoms with Gasteiger partial charge >= 0.3 is 0 Å². The van der Waals surface area contributed by atoms with Gasteiger partial charge in [-0.05, 0) is 46.1 Å². The normalized spacial score (nSPS) is 35.2. The summed E-state index contributed by atoms with van der Waals surface area (Å²) in [5.41, 5.74) is -0.488. The van der Waals surface area contributed by atoms with E-state index in [1.807, 2.05) is 6.92 Å². The summed E-state index contributed by atoms with van der Waals surface area (Å²) in [5, 5.41) is 13.4. The van der Waals surface area contributed by atoms with Crippen LogP contribution in [0.2, 0.25) is 0 Å². The highest BCUT2D eigenvalue weighted by atomic mass is 16.3. The molecular weight excluding hydrogens is 270 g/mol. The number of nitrogens with zero attached hydrogens (tertiary/aromatic N) is 2. The molecule has 0 bridgehead atoms. The molecule has 21 heavy (non-hydrogen) atoms. The summed E-state index contributed by atoms with van der Waals surface area (Å²) < 4.78 is 0. The monoisotopic (exact) mass is 295 g/mol. The van der Waals surface area contributed by atoms with Gasteiger partial charge in [-0.1, -0.05) is 0 Å². The average Bonchev–Trinajstić information content (AvgIpc) is 3.13. The van der Waals surface area contributed by atoms with Crippen molar-refractivity contribution in [3.63, 3.8) is 0 Å². The molecule has 3 aliphatic heterocycles. The Labute approximate surface area is 125 Å². The molecule has 3 aliphatic rings. The first-order valence-electron chi connectivity index (χ1n) is 8.04. The van der Waals surface area contributed by atoms with Crippen molar-refractivity contribution in [3.05, 3.63) is 0 Å². The van der Waals surface area contributed by atoms with E-state index >= 15 is 0 Å². The van der Waals surface area contributed by atoms with Crippen molar-refractivity contribution in [1.82, 2.24) is 15.1 Å². The van der Waals surface area contributed by atoms with E-state index in [0.29, 0.717) is 0 Å². The van der Waals surface area contributed by atoms with Crippen LogP contribution in [0.5, 0.6) is 0 Å². The van der Waals surface area contributed by atoms with E-state index in [9.17, 15) is 14.7 Å². The number of rotatable bonds is 3. The van der Waals surface area contributed by atoms with E-state index in [1.165, 1.54) is 0 Å². The van der Waals surface area contributed by atoms with Gasteiger partial charge in [-0.25, -0.2) is 0 Å². The highest BCUT2D eigenvalue weighted by Crippen LogP contribution is 2.40. The number of nitrogens with one attached hydrogen (secondary N) is 1. The van der Waals surface area contributed by atoms with Gasteiger partial charge in [-0.2, -0.15) is 0 Å². The molecule has 6 heteroatoms. The molecule has 118 valence electrons. The Kier molecular flexibility index (Phi) is 3.69. The Bertz CT molecular complexity index is 439. The second kappa shape index (κ2) is 5.25. The molecule has 0 aliphatic carbocycles. The molecule has 3 fully saturated rings. The molecule has 0 aromatic rings. The summed E-state index contributed by atoms with van der Waals surface area (Å²) in [6, 6.07) is -0.780. The van der Waals surface area contributed by atoms with E-state index in [-0.39, 0.29) is 17.9 Å². The molecule has 1 spiro atoms. The average molecular weight is 295 g/mol. The zero-order valence-corrected chi connectivity index (χ0v) is 12.8. The maximum absolute atomic E-state index is 12.7. The highest BCUT2D eigenvalue weighted by molar-refractivity contribution is 5.98. The summed E-state index contributed by atoms with van der Waals surface area (Å²) in [6.45, 7) is 5.91. The van der Waals surface area contributed by atoms with Gasteiger partial charge in [0.05, 0.1) is 12.1 Å². The van der Waals surface area contributed by atoms with E-state index in [1.54, 1.807) is 16.7 Å². The second-order valence-corrected chi connectivity index (χ2v) is 6.61. The number of carbonyl (C=O) groups is 2. The van der Waals surface area contributed by atoms with Crippen LogP contribution in [0.15, 0.2) is 0 Å². The zero-order valence-electron chi connectivity index (χ0n) is 12.8. The van der Waals surface area contributed by atoms with Crippen LogP contribution in [-0.2, 0) is 9.59 Å². The Morgan fingerprint density at radius 2 is 2.05 bits per heavy atom. The van der Waals surface area contributed by atoms with Crippen molar-refractivity contribution < 1.29 is 14.7 Å². The van der Waals surface area contributed by atoms with E-state index < -0.39 is 17.7 Å². The lowest BCUT2D eigenvalue weighted by Gasteiger charge is -2.56. The molecule has 0 aromatic carbocycles. The van der Waals surface area contributed by atoms with E-state index in [0.717, 1.165) is 45.3 Å². The third-order valence-electron chi connectivity index (χ3n) is 5.36. The van der Waals surface area contributed by atoms with Crippen LogP contribution >= 0.6 is 0 Å². The molecule has 0 aromatic heterocycles. The summed E-state index contributed by atoms with van der Waals surface area (Å²) in [7, 11) is 0. The fourth-order valence-electron chi connectivity index (χ4n) is 4.11. The van der Waals surface area contributed by atoms with Gasteiger partial charge in [0.1, 0.15) is 11.6 Å². The lowest BCUT2D eigenvalue weighted by atomic mass is 9.76. The largest absolute Gasteiger partial charge is 0.391 e. The maximum atomic E-state index is 12.7. The number of carbonyl (C=O) groups excluding carboxylic acids is 2. The summed E-state index contributed by atoms with van der Waals surface area (Å²) in [5.74, 6) is -0.124. The Morgan fingerprint density at radius 3 is 2.52 bits per heavy atom. The van der Waals surface area contributed by atoms with Crippen LogP contribution in [0, 0.1) is 0 Å². The van der Waals surface area contributed by atoms with E-state index in [2.05, 4.69) is 5.32 Å². The van der Waals surface area contributed by atoms with Crippen LogP contribution in [0.4, 0.5) is 0 Å². The molecule has 3 heterocycles. The van der Waals surface area contributed by atoms with Crippen LogP contribution in [0.25, 0.3) is 0 Å². The predicted octanol–water partition coefficient (Wildman–Crippen LogP) is -0.289. The summed E-state index contributed by atoms with van der Waals surface area (Å²) >= 11 is 0. The Morgan fingerprint density at radius 1 is 1.38 bits per heavy atom. The first kappa shape index (κ1) is 14.8. The standard InChI is InChI=1S/C15H25N3O3/c1-10(19)12(13(20)17-8-3-4-9-17)18-11(2)15(14(18)21)6-5-7-16-15/h10-12,16,19H,3-9H2,1-2H3. The van der Waals surface area contributed by atoms with Gasteiger partial charge in [0, 0.05) is 13.1 Å². The molecule has 2 N–H and O–H groups in total. The van der Waals surface area contributed by atoms with Gasteiger partial charge in [0.15, 0.2) is 0 Å². The minimum atomic E-state index is -0.844. The third-order valence-corrected chi connectivity index (χ3v) is 5.36. The maximum Gasteiger partial charge on any atom is 0.248 e. The summed E-state index contributed by atoms with van der Waals surface area (Å²) in [6.07, 6.45) is 2.99. The van der Waals surface area contributed by atoms with Crippen LogP contribution in [-0.4, -0.2) is 70.1 Å². The smallest absolute Gasteiger partial charge is 0.248 e. The Hall–Kier alpha value is -1.14. The third kappa shape index (κ3) is 2.07. The second-order valence-electron chi connectivity index (χ2n) is 6.61. The number of hydrogen-bond acceptors (Lipinski definition) is 4. The fraction of sp³-hybridized carbons (Fsp3) is 0.867. The van der Waals surface area contributed by atoms with Crippen molar-refractivity contribution in [2.75, 3.05) is 19.6 Å². The van der Waals surface area contributed by atoms with Gasteiger partial charge in [-0.15, -0.1) is 0 Å². The lowest BCUT2D eigenvalue weighted by molar-refractivity contribution is -0.176. The van der Waals surface area contributed by atoms with Gasteiger partial charge in [-0.3, -0.25) is 9.59 Å². The van der Waals surface area contributed by atoms with Gasteiger partial charge < -0.3 is 20.2 Å². The first-order chi connectivity index (χ1) is 9.99. The van der Waals surface area contributed by atoms with Crippen molar-refractivity contribution >= 4 is 11.8 Å². The van der Waals surface area contributed by atoms with Gasteiger partial charge in [0.25, 0.3) is 0 Å². The van der Waals surface area contributed by atoms with Crippen molar-refractivity contribution in [2.45, 2.75) is 63.3 Å². The first-order valence-corrected chi connectivity index (χ1v) is 8.04. The number of amides is 2. The minimum Gasteiger partial charge on any atom is -0.391 e. The molecule has 4 atom stereocenters.